The average molecular weight is 327 g/mol. The molecule has 1 aliphatic heterocycles. The van der Waals surface area contributed by atoms with Gasteiger partial charge in [0.1, 0.15) is 11.5 Å². The molecule has 2 N–H and O–H groups in total. The Morgan fingerprint density at radius 3 is 2.79 bits per heavy atom. The van der Waals surface area contributed by atoms with E-state index in [0.29, 0.717) is 18.2 Å². The average Bonchev–Trinajstić information content (AvgIpc) is 3.15. The molecule has 1 fully saturated rings. The molecular weight excluding hydrogens is 306 g/mol. The third-order valence-corrected chi connectivity index (χ3v) is 3.92. The fourth-order valence-electron chi connectivity index (χ4n) is 2.60. The molecule has 0 spiro atoms. The maximum absolute atomic E-state index is 12.0. The van der Waals surface area contributed by atoms with Gasteiger partial charge in [0, 0.05) is 18.8 Å². The number of ether oxygens (including phenoxy) is 2. The van der Waals surface area contributed by atoms with Crippen molar-refractivity contribution >= 4 is 5.91 Å². The first-order valence-electron chi connectivity index (χ1n) is 8.02. The van der Waals surface area contributed by atoms with Crippen LogP contribution in [-0.2, 0) is 11.3 Å². The van der Waals surface area contributed by atoms with Crippen molar-refractivity contribution in [1.82, 2.24) is 15.6 Å². The van der Waals surface area contributed by atoms with E-state index in [1.165, 1.54) is 0 Å². The lowest BCUT2D eigenvalue weighted by molar-refractivity contribution is -0.122. The van der Waals surface area contributed by atoms with Crippen LogP contribution in [0.5, 0.6) is 17.4 Å². The fourth-order valence-corrected chi connectivity index (χ4v) is 2.60. The lowest BCUT2D eigenvalue weighted by atomic mass is 10.2. The summed E-state index contributed by atoms with van der Waals surface area (Å²) >= 11 is 0. The number of carbonyl (C=O) groups is 1. The van der Waals surface area contributed by atoms with E-state index >= 15 is 0 Å². The Labute approximate surface area is 141 Å². The Bertz CT molecular complexity index is 682. The summed E-state index contributed by atoms with van der Waals surface area (Å²) in [5, 5.41) is 6.13. The van der Waals surface area contributed by atoms with Gasteiger partial charge in [-0.15, -0.1) is 0 Å². The van der Waals surface area contributed by atoms with Crippen LogP contribution in [0.15, 0.2) is 42.6 Å². The smallest absolute Gasteiger partial charge is 0.237 e. The Morgan fingerprint density at radius 2 is 2.08 bits per heavy atom. The SMILES string of the molecule is COc1ccc(Oc2cc(CNC(=O)C3CCCN3)ccn2)cc1. The number of methoxy groups -OCH3 is 1. The molecule has 0 bridgehead atoms. The molecule has 1 amide bonds. The predicted octanol–water partition coefficient (Wildman–Crippen LogP) is 2.25. The summed E-state index contributed by atoms with van der Waals surface area (Å²) in [6.07, 6.45) is 3.62. The van der Waals surface area contributed by atoms with E-state index in [-0.39, 0.29) is 11.9 Å². The second-order valence-electron chi connectivity index (χ2n) is 5.65. The number of nitrogens with one attached hydrogen (secondary N) is 2. The number of pyridine rings is 1. The van der Waals surface area contributed by atoms with Crippen LogP contribution in [0, 0.1) is 0 Å². The maximum Gasteiger partial charge on any atom is 0.237 e. The third kappa shape index (κ3) is 4.23. The number of aromatic nitrogens is 1. The molecule has 1 saturated heterocycles. The van der Waals surface area contributed by atoms with Gasteiger partial charge >= 0.3 is 0 Å². The largest absolute Gasteiger partial charge is 0.497 e. The van der Waals surface area contributed by atoms with Crippen molar-refractivity contribution in [3.63, 3.8) is 0 Å². The van der Waals surface area contributed by atoms with Gasteiger partial charge in [-0.2, -0.15) is 0 Å². The van der Waals surface area contributed by atoms with Crippen LogP contribution < -0.4 is 20.1 Å². The standard InChI is InChI=1S/C18H21N3O3/c1-23-14-4-6-15(7-5-14)24-17-11-13(8-10-20-17)12-21-18(22)16-3-2-9-19-16/h4-8,10-11,16,19H,2-3,9,12H2,1H3,(H,21,22). The normalized spacial score (nSPS) is 16.6. The number of carbonyl (C=O) groups excluding carboxylic acids is 1. The zero-order valence-electron chi connectivity index (χ0n) is 13.6. The van der Waals surface area contributed by atoms with Crippen molar-refractivity contribution in [3.05, 3.63) is 48.2 Å². The van der Waals surface area contributed by atoms with Gasteiger partial charge in [-0.3, -0.25) is 4.79 Å². The van der Waals surface area contributed by atoms with Crippen LogP contribution >= 0.6 is 0 Å². The number of hydrogen-bond acceptors (Lipinski definition) is 5. The third-order valence-electron chi connectivity index (χ3n) is 3.92. The molecule has 6 nitrogen and oxygen atoms in total. The van der Waals surface area contributed by atoms with E-state index in [0.717, 1.165) is 30.7 Å². The number of benzene rings is 1. The zero-order chi connectivity index (χ0) is 16.8. The minimum Gasteiger partial charge on any atom is -0.497 e. The lowest BCUT2D eigenvalue weighted by Gasteiger charge is -2.11. The van der Waals surface area contributed by atoms with Crippen molar-refractivity contribution in [1.29, 1.82) is 0 Å². The summed E-state index contributed by atoms with van der Waals surface area (Å²) in [5.74, 6) is 1.99. The molecule has 0 saturated carbocycles. The molecule has 1 atom stereocenters. The second-order valence-corrected chi connectivity index (χ2v) is 5.65. The molecule has 1 unspecified atom stereocenters. The molecule has 6 heteroatoms. The van der Waals surface area contributed by atoms with Crippen LogP contribution in [0.4, 0.5) is 0 Å². The molecule has 0 aliphatic carbocycles. The van der Waals surface area contributed by atoms with E-state index in [1.54, 1.807) is 13.3 Å². The van der Waals surface area contributed by atoms with Gasteiger partial charge in [0.25, 0.3) is 0 Å². The molecule has 2 heterocycles. The van der Waals surface area contributed by atoms with Crippen LogP contribution in [0.2, 0.25) is 0 Å². The summed E-state index contributed by atoms with van der Waals surface area (Å²) in [4.78, 5) is 16.2. The molecule has 24 heavy (non-hydrogen) atoms. The minimum absolute atomic E-state index is 0.0435. The fraction of sp³-hybridized carbons (Fsp3) is 0.333. The Hall–Kier alpha value is -2.60. The van der Waals surface area contributed by atoms with E-state index < -0.39 is 0 Å². The summed E-state index contributed by atoms with van der Waals surface area (Å²) < 4.78 is 10.9. The van der Waals surface area contributed by atoms with Crippen LogP contribution in [-0.4, -0.2) is 30.6 Å². The van der Waals surface area contributed by atoms with E-state index in [1.807, 2.05) is 36.4 Å². The Morgan fingerprint density at radius 1 is 1.29 bits per heavy atom. The van der Waals surface area contributed by atoms with Crippen molar-refractivity contribution in [3.8, 4) is 17.4 Å². The van der Waals surface area contributed by atoms with Crippen LogP contribution in [0.3, 0.4) is 0 Å². The number of rotatable bonds is 6. The first kappa shape index (κ1) is 16.3. The number of amides is 1. The lowest BCUT2D eigenvalue weighted by Crippen LogP contribution is -2.39. The van der Waals surface area contributed by atoms with Crippen molar-refractivity contribution in [2.75, 3.05) is 13.7 Å². The van der Waals surface area contributed by atoms with Gasteiger partial charge in [0.05, 0.1) is 13.2 Å². The van der Waals surface area contributed by atoms with E-state index in [9.17, 15) is 4.79 Å². The maximum atomic E-state index is 12.0. The first-order chi connectivity index (χ1) is 11.7. The molecule has 3 rings (SSSR count). The molecular formula is C18H21N3O3. The molecule has 126 valence electrons. The number of nitrogens with zero attached hydrogens (tertiary/aromatic N) is 1. The van der Waals surface area contributed by atoms with Crippen molar-refractivity contribution in [2.45, 2.75) is 25.4 Å². The minimum atomic E-state index is -0.0677. The Balaban J connectivity index is 1.57. The highest BCUT2D eigenvalue weighted by Gasteiger charge is 2.21. The zero-order valence-corrected chi connectivity index (χ0v) is 13.6. The highest BCUT2D eigenvalue weighted by molar-refractivity contribution is 5.81. The van der Waals surface area contributed by atoms with Gasteiger partial charge in [-0.25, -0.2) is 4.98 Å². The van der Waals surface area contributed by atoms with Crippen molar-refractivity contribution < 1.29 is 14.3 Å². The molecule has 1 aromatic carbocycles. The topological polar surface area (TPSA) is 72.5 Å². The predicted molar refractivity (Wildman–Crippen MR) is 90.2 cm³/mol. The Kier molecular flexibility index (Phi) is 5.28. The van der Waals surface area contributed by atoms with Gasteiger partial charge in [-0.05, 0) is 55.3 Å². The van der Waals surface area contributed by atoms with Gasteiger partial charge in [0.15, 0.2) is 0 Å². The van der Waals surface area contributed by atoms with Gasteiger partial charge in [0.2, 0.25) is 11.8 Å². The highest BCUT2D eigenvalue weighted by atomic mass is 16.5. The molecule has 0 radical (unpaired) electrons. The summed E-state index contributed by atoms with van der Waals surface area (Å²) in [6, 6.07) is 10.9. The van der Waals surface area contributed by atoms with Crippen molar-refractivity contribution in [2.24, 2.45) is 0 Å². The summed E-state index contributed by atoms with van der Waals surface area (Å²) in [5.41, 5.74) is 0.944. The van der Waals surface area contributed by atoms with E-state index in [2.05, 4.69) is 15.6 Å². The van der Waals surface area contributed by atoms with E-state index in [4.69, 9.17) is 9.47 Å². The first-order valence-corrected chi connectivity index (χ1v) is 8.02. The molecule has 1 aromatic heterocycles. The molecule has 1 aliphatic rings. The van der Waals surface area contributed by atoms with Gasteiger partial charge in [-0.1, -0.05) is 0 Å². The monoisotopic (exact) mass is 327 g/mol. The molecule has 2 aromatic rings. The number of hydrogen-bond donors (Lipinski definition) is 2. The highest BCUT2D eigenvalue weighted by Crippen LogP contribution is 2.22. The van der Waals surface area contributed by atoms with Crippen LogP contribution in [0.25, 0.3) is 0 Å². The quantitative estimate of drug-likeness (QED) is 0.851. The summed E-state index contributed by atoms with van der Waals surface area (Å²) in [7, 11) is 1.62. The summed E-state index contributed by atoms with van der Waals surface area (Å²) in [6.45, 7) is 1.37. The van der Waals surface area contributed by atoms with Crippen LogP contribution in [0.1, 0.15) is 18.4 Å². The van der Waals surface area contributed by atoms with Gasteiger partial charge < -0.3 is 20.1 Å². The second kappa shape index (κ2) is 7.79.